The van der Waals surface area contributed by atoms with Gasteiger partial charge in [0.15, 0.2) is 8.68 Å². The summed E-state index contributed by atoms with van der Waals surface area (Å²) in [5, 5.41) is 14.1. The predicted molar refractivity (Wildman–Crippen MR) is 126 cm³/mol. The van der Waals surface area contributed by atoms with E-state index in [9.17, 15) is 4.79 Å². The summed E-state index contributed by atoms with van der Waals surface area (Å²) in [6, 6.07) is 15.7. The van der Waals surface area contributed by atoms with Crippen molar-refractivity contribution in [1.29, 1.82) is 0 Å². The molecule has 2 aromatic carbocycles. The molecule has 1 amide bonds. The van der Waals surface area contributed by atoms with Crippen LogP contribution < -0.4 is 5.43 Å². The summed E-state index contributed by atoms with van der Waals surface area (Å²) < 4.78 is 1.62. The van der Waals surface area contributed by atoms with Crippen molar-refractivity contribution >= 4 is 69.5 Å². The van der Waals surface area contributed by atoms with E-state index >= 15 is 0 Å². The highest BCUT2D eigenvalue weighted by Crippen LogP contribution is 2.30. The Morgan fingerprint density at radius 1 is 1.13 bits per heavy atom. The molecular weight excluding hydrogens is 458 g/mol. The van der Waals surface area contributed by atoms with Crippen LogP contribution in [0.3, 0.4) is 0 Å². The molecule has 10 heteroatoms. The molecule has 6 nitrogen and oxygen atoms in total. The zero-order valence-corrected chi connectivity index (χ0v) is 18.7. The van der Waals surface area contributed by atoms with Crippen LogP contribution in [-0.4, -0.2) is 33.1 Å². The fourth-order valence-corrected chi connectivity index (χ4v) is 5.47. The molecule has 2 aromatic heterocycles. The quantitative estimate of drug-likeness (QED) is 0.208. The zero-order chi connectivity index (χ0) is 20.8. The van der Waals surface area contributed by atoms with E-state index < -0.39 is 0 Å². The Morgan fingerprint density at radius 2 is 1.90 bits per heavy atom. The molecular formula is C20H16ClN5OS3. The molecule has 0 unspecified atom stereocenters. The lowest BCUT2D eigenvalue weighted by Crippen LogP contribution is -2.19. The minimum absolute atomic E-state index is 0.193. The van der Waals surface area contributed by atoms with E-state index in [4.69, 9.17) is 11.6 Å². The van der Waals surface area contributed by atoms with Crippen molar-refractivity contribution in [3.63, 3.8) is 0 Å². The first kappa shape index (κ1) is 20.9. The van der Waals surface area contributed by atoms with Gasteiger partial charge in [-0.2, -0.15) is 5.10 Å². The Labute approximate surface area is 190 Å². The van der Waals surface area contributed by atoms with E-state index in [0.717, 1.165) is 35.9 Å². The summed E-state index contributed by atoms with van der Waals surface area (Å²) in [6.07, 6.45) is 3.50. The van der Waals surface area contributed by atoms with E-state index in [1.165, 1.54) is 28.7 Å². The Kier molecular flexibility index (Phi) is 7.06. The Morgan fingerprint density at radius 3 is 2.73 bits per heavy atom. The molecule has 0 aliphatic rings. The molecule has 0 atom stereocenters. The highest BCUT2D eigenvalue weighted by Gasteiger charge is 2.09. The van der Waals surface area contributed by atoms with Crippen LogP contribution in [0.1, 0.15) is 11.1 Å². The van der Waals surface area contributed by atoms with Crippen LogP contribution in [0.5, 0.6) is 0 Å². The van der Waals surface area contributed by atoms with E-state index in [1.54, 1.807) is 18.0 Å². The van der Waals surface area contributed by atoms with Crippen molar-refractivity contribution in [1.82, 2.24) is 20.6 Å². The lowest BCUT2D eigenvalue weighted by Gasteiger charge is -1.98. The molecule has 0 saturated heterocycles. The number of hydrazone groups is 1. The van der Waals surface area contributed by atoms with Gasteiger partial charge in [0.25, 0.3) is 5.91 Å². The van der Waals surface area contributed by atoms with Gasteiger partial charge < -0.3 is 4.98 Å². The summed E-state index contributed by atoms with van der Waals surface area (Å²) in [5.74, 6) is 0.822. The molecule has 0 aliphatic heterocycles. The Hall–Kier alpha value is -2.33. The first-order chi connectivity index (χ1) is 14.7. The van der Waals surface area contributed by atoms with Crippen LogP contribution in [0.15, 0.2) is 68.5 Å². The Bertz CT molecular complexity index is 1170. The number of hydrogen-bond donors (Lipinski definition) is 2. The third-order valence-electron chi connectivity index (χ3n) is 4.00. The van der Waals surface area contributed by atoms with Crippen molar-refractivity contribution in [3.8, 4) is 0 Å². The number of nitrogens with zero attached hydrogens (tertiary/aromatic N) is 3. The number of aromatic amines is 1. The van der Waals surface area contributed by atoms with E-state index in [1.807, 2.05) is 54.7 Å². The first-order valence-corrected chi connectivity index (χ1v) is 12.1. The lowest BCUT2D eigenvalue weighted by atomic mass is 10.2. The van der Waals surface area contributed by atoms with Crippen LogP contribution in [0.2, 0.25) is 5.02 Å². The van der Waals surface area contributed by atoms with Gasteiger partial charge in [-0.1, -0.05) is 76.8 Å². The number of carbonyl (C=O) groups is 1. The molecule has 0 saturated carbocycles. The topological polar surface area (TPSA) is 83.0 Å². The number of aromatic nitrogens is 3. The number of para-hydroxylation sites is 1. The van der Waals surface area contributed by atoms with Crippen molar-refractivity contribution in [2.24, 2.45) is 5.10 Å². The molecule has 2 N–H and O–H groups in total. The van der Waals surface area contributed by atoms with Crippen molar-refractivity contribution < 1.29 is 4.79 Å². The van der Waals surface area contributed by atoms with Gasteiger partial charge in [-0.15, -0.1) is 10.2 Å². The van der Waals surface area contributed by atoms with E-state index in [-0.39, 0.29) is 11.7 Å². The van der Waals surface area contributed by atoms with Gasteiger partial charge in [0.05, 0.1) is 12.0 Å². The smallest absolute Gasteiger partial charge is 0.250 e. The van der Waals surface area contributed by atoms with Gasteiger partial charge in [-0.25, -0.2) is 5.43 Å². The van der Waals surface area contributed by atoms with Gasteiger partial charge in [-0.05, 0) is 23.8 Å². The van der Waals surface area contributed by atoms with E-state index in [2.05, 4.69) is 25.7 Å². The molecule has 0 spiro atoms. The number of thioether (sulfide) groups is 2. The number of nitrogens with one attached hydrogen (secondary N) is 2. The highest BCUT2D eigenvalue weighted by molar-refractivity contribution is 8.03. The molecule has 2 heterocycles. The standard InChI is InChI=1S/C20H16ClN5OS3/c21-15-7-5-13(6-8-15)11-28-19-25-26-20(30-19)29-12-18(27)24-23-10-14-9-22-17-4-2-1-3-16(14)17/h1-10,22H,11-12H2,(H,24,27)/b23-10-. The summed E-state index contributed by atoms with van der Waals surface area (Å²) in [6.45, 7) is 0. The van der Waals surface area contributed by atoms with E-state index in [0.29, 0.717) is 0 Å². The van der Waals surface area contributed by atoms with Crippen molar-refractivity contribution in [2.75, 3.05) is 5.75 Å². The molecule has 0 bridgehead atoms. The largest absolute Gasteiger partial charge is 0.361 e. The lowest BCUT2D eigenvalue weighted by molar-refractivity contribution is -0.118. The molecule has 4 rings (SSSR count). The minimum atomic E-state index is -0.193. The first-order valence-electron chi connectivity index (χ1n) is 8.89. The molecule has 0 fully saturated rings. The minimum Gasteiger partial charge on any atom is -0.361 e. The third-order valence-corrected chi connectivity index (χ3v) is 7.52. The maximum atomic E-state index is 12.0. The van der Waals surface area contributed by atoms with Crippen LogP contribution >= 0.6 is 46.5 Å². The second-order valence-electron chi connectivity index (χ2n) is 6.12. The monoisotopic (exact) mass is 473 g/mol. The third kappa shape index (κ3) is 5.63. The summed E-state index contributed by atoms with van der Waals surface area (Å²) in [4.78, 5) is 15.2. The van der Waals surface area contributed by atoms with Crippen molar-refractivity contribution in [3.05, 3.63) is 70.9 Å². The van der Waals surface area contributed by atoms with Gasteiger partial charge in [0.2, 0.25) is 0 Å². The maximum absolute atomic E-state index is 12.0. The fourth-order valence-electron chi connectivity index (χ4n) is 2.57. The number of H-pyrrole nitrogens is 1. The average molecular weight is 474 g/mol. The highest BCUT2D eigenvalue weighted by atomic mass is 35.5. The number of amides is 1. The summed E-state index contributed by atoms with van der Waals surface area (Å²) in [7, 11) is 0. The molecule has 0 aliphatic carbocycles. The van der Waals surface area contributed by atoms with Crippen LogP contribution in [-0.2, 0) is 10.5 Å². The van der Waals surface area contributed by atoms with Crippen LogP contribution in [0.25, 0.3) is 10.9 Å². The second-order valence-corrected chi connectivity index (χ2v) is 9.98. The van der Waals surface area contributed by atoms with Gasteiger partial charge in [-0.3, -0.25) is 4.79 Å². The molecule has 30 heavy (non-hydrogen) atoms. The Balaban J connectivity index is 1.22. The maximum Gasteiger partial charge on any atom is 0.250 e. The average Bonchev–Trinajstić information content (AvgIpc) is 3.39. The zero-order valence-electron chi connectivity index (χ0n) is 15.5. The number of hydrogen-bond acceptors (Lipinski definition) is 7. The van der Waals surface area contributed by atoms with Gasteiger partial charge in [0, 0.05) is 33.4 Å². The summed E-state index contributed by atoms with van der Waals surface area (Å²) >= 11 is 10.3. The SMILES string of the molecule is O=C(CSc1nnc(SCc2ccc(Cl)cc2)s1)N/N=C\c1c[nH]c2ccccc12. The normalized spacial score (nSPS) is 11.4. The van der Waals surface area contributed by atoms with Crippen molar-refractivity contribution in [2.45, 2.75) is 14.4 Å². The van der Waals surface area contributed by atoms with Crippen LogP contribution in [0.4, 0.5) is 0 Å². The molecule has 4 aromatic rings. The molecule has 152 valence electrons. The summed E-state index contributed by atoms with van der Waals surface area (Å²) in [5.41, 5.74) is 5.67. The fraction of sp³-hybridized carbons (Fsp3) is 0.100. The van der Waals surface area contributed by atoms with Gasteiger partial charge >= 0.3 is 0 Å². The predicted octanol–water partition coefficient (Wildman–Crippen LogP) is 5.21. The van der Waals surface area contributed by atoms with Gasteiger partial charge in [0.1, 0.15) is 0 Å². The number of carbonyl (C=O) groups excluding carboxylic acids is 1. The van der Waals surface area contributed by atoms with Crippen LogP contribution in [0, 0.1) is 0 Å². The number of halogens is 1. The second kappa shape index (κ2) is 10.1. The number of benzene rings is 2. The number of fused-ring (bicyclic) bond motifs is 1. The number of rotatable bonds is 8. The molecule has 0 radical (unpaired) electrons.